The molecule has 0 fully saturated rings. The summed E-state index contributed by atoms with van der Waals surface area (Å²) in [5.74, 6) is -0.340. The first-order valence-electron chi connectivity index (χ1n) is 5.64. The van der Waals surface area contributed by atoms with E-state index >= 15 is 0 Å². The molecule has 0 saturated carbocycles. The van der Waals surface area contributed by atoms with E-state index in [1.54, 1.807) is 13.0 Å². The van der Waals surface area contributed by atoms with Crippen molar-refractivity contribution in [2.45, 2.75) is 13.3 Å². The summed E-state index contributed by atoms with van der Waals surface area (Å²) in [5.41, 5.74) is 2.39. The van der Waals surface area contributed by atoms with Crippen LogP contribution in [0.25, 0.3) is 10.9 Å². The maximum absolute atomic E-state index is 11.5. The fourth-order valence-corrected chi connectivity index (χ4v) is 1.78. The number of carbonyl (C=O) groups is 1. The third-order valence-electron chi connectivity index (χ3n) is 2.58. The van der Waals surface area contributed by atoms with E-state index in [4.69, 9.17) is 9.84 Å². The molecule has 0 atom stereocenters. The van der Waals surface area contributed by atoms with Crippen molar-refractivity contribution >= 4 is 16.9 Å². The second-order valence-corrected chi connectivity index (χ2v) is 3.80. The lowest BCUT2D eigenvalue weighted by Crippen LogP contribution is -2.04. The number of hydrogen-bond acceptors (Lipinski definition) is 3. The van der Waals surface area contributed by atoms with Gasteiger partial charge >= 0.3 is 5.97 Å². The molecule has 1 aromatic heterocycles. The van der Waals surface area contributed by atoms with E-state index in [1.807, 2.05) is 18.2 Å². The Morgan fingerprint density at radius 3 is 2.94 bits per heavy atom. The lowest BCUT2D eigenvalue weighted by Gasteiger charge is -1.98. The molecule has 1 heterocycles. The molecule has 2 aromatic rings. The maximum atomic E-state index is 11.5. The van der Waals surface area contributed by atoms with Gasteiger partial charge in [-0.3, -0.25) is 0 Å². The zero-order valence-electron chi connectivity index (χ0n) is 9.69. The van der Waals surface area contributed by atoms with Crippen molar-refractivity contribution in [3.05, 3.63) is 35.5 Å². The summed E-state index contributed by atoms with van der Waals surface area (Å²) < 4.78 is 4.93. The number of aromatic amines is 1. The number of hydrogen-bond donors (Lipinski definition) is 2. The third-order valence-corrected chi connectivity index (χ3v) is 2.58. The highest BCUT2D eigenvalue weighted by atomic mass is 16.5. The molecule has 0 aliphatic rings. The van der Waals surface area contributed by atoms with Gasteiger partial charge in [0.15, 0.2) is 0 Å². The van der Waals surface area contributed by atoms with E-state index in [-0.39, 0.29) is 12.6 Å². The number of ether oxygens (including phenoxy) is 1. The van der Waals surface area contributed by atoms with Crippen LogP contribution < -0.4 is 0 Å². The van der Waals surface area contributed by atoms with Gasteiger partial charge in [0.1, 0.15) is 5.69 Å². The van der Waals surface area contributed by atoms with Gasteiger partial charge in [-0.05, 0) is 31.0 Å². The number of aromatic nitrogens is 1. The molecule has 4 nitrogen and oxygen atoms in total. The monoisotopic (exact) mass is 233 g/mol. The highest BCUT2D eigenvalue weighted by Crippen LogP contribution is 2.18. The van der Waals surface area contributed by atoms with Crippen LogP contribution in [0.4, 0.5) is 0 Å². The molecule has 0 aliphatic heterocycles. The predicted octanol–water partition coefficient (Wildman–Crippen LogP) is 1.88. The van der Waals surface area contributed by atoms with Crippen LogP contribution in [0, 0.1) is 0 Å². The standard InChI is InChI=1S/C13H15NO3/c1-2-17-13(16)12-8-10-4-3-9(5-6-15)7-11(10)14-12/h3-4,7-8,14-15H,2,5-6H2,1H3. The van der Waals surface area contributed by atoms with Gasteiger partial charge in [0.2, 0.25) is 0 Å². The normalized spacial score (nSPS) is 10.7. The minimum atomic E-state index is -0.340. The lowest BCUT2D eigenvalue weighted by atomic mass is 10.1. The van der Waals surface area contributed by atoms with Crippen LogP contribution in [0.15, 0.2) is 24.3 Å². The van der Waals surface area contributed by atoms with E-state index in [9.17, 15) is 4.79 Å². The number of esters is 1. The van der Waals surface area contributed by atoms with Crippen molar-refractivity contribution in [1.82, 2.24) is 4.98 Å². The summed E-state index contributed by atoms with van der Waals surface area (Å²) in [5, 5.41) is 9.84. The smallest absolute Gasteiger partial charge is 0.354 e. The molecule has 0 aliphatic carbocycles. The number of rotatable bonds is 4. The van der Waals surface area contributed by atoms with Gasteiger partial charge < -0.3 is 14.8 Å². The Morgan fingerprint density at radius 2 is 2.24 bits per heavy atom. The van der Waals surface area contributed by atoms with E-state index in [1.165, 1.54) is 0 Å². The summed E-state index contributed by atoms with van der Waals surface area (Å²) in [6.45, 7) is 2.26. The second kappa shape index (κ2) is 5.01. The van der Waals surface area contributed by atoms with Crippen molar-refractivity contribution < 1.29 is 14.6 Å². The Kier molecular flexibility index (Phi) is 3.44. The molecule has 0 unspecified atom stereocenters. The van der Waals surface area contributed by atoms with Crippen LogP contribution in [0.3, 0.4) is 0 Å². The molecule has 0 bridgehead atoms. The molecule has 17 heavy (non-hydrogen) atoms. The zero-order chi connectivity index (χ0) is 12.3. The van der Waals surface area contributed by atoms with Crippen molar-refractivity contribution in [3.63, 3.8) is 0 Å². The fraction of sp³-hybridized carbons (Fsp3) is 0.308. The predicted molar refractivity (Wildman–Crippen MR) is 65.0 cm³/mol. The molecule has 0 spiro atoms. The molecule has 0 amide bonds. The van der Waals surface area contributed by atoms with Gasteiger partial charge in [0, 0.05) is 17.5 Å². The van der Waals surface area contributed by atoms with Crippen molar-refractivity contribution in [2.24, 2.45) is 0 Å². The second-order valence-electron chi connectivity index (χ2n) is 3.80. The number of benzene rings is 1. The molecule has 0 saturated heterocycles. The topological polar surface area (TPSA) is 62.3 Å². The summed E-state index contributed by atoms with van der Waals surface area (Å²) in [4.78, 5) is 14.6. The van der Waals surface area contributed by atoms with E-state index in [2.05, 4.69) is 4.98 Å². The average Bonchev–Trinajstić information content (AvgIpc) is 2.73. The van der Waals surface area contributed by atoms with Crippen LogP contribution in [0.1, 0.15) is 23.0 Å². The van der Waals surface area contributed by atoms with Crippen molar-refractivity contribution in [1.29, 1.82) is 0 Å². The van der Waals surface area contributed by atoms with Gasteiger partial charge in [-0.25, -0.2) is 4.79 Å². The third kappa shape index (κ3) is 2.47. The Labute approximate surface area is 99.2 Å². The molecule has 4 heteroatoms. The minimum absolute atomic E-state index is 0.122. The number of aliphatic hydroxyl groups is 1. The van der Waals surface area contributed by atoms with E-state index < -0.39 is 0 Å². The van der Waals surface area contributed by atoms with Gasteiger partial charge in [0.05, 0.1) is 6.61 Å². The molecule has 0 radical (unpaired) electrons. The SMILES string of the molecule is CCOC(=O)c1cc2ccc(CCO)cc2[nH]1. The highest BCUT2D eigenvalue weighted by Gasteiger charge is 2.10. The lowest BCUT2D eigenvalue weighted by molar-refractivity contribution is 0.0520. The van der Waals surface area contributed by atoms with Gasteiger partial charge in [-0.15, -0.1) is 0 Å². The van der Waals surface area contributed by atoms with Crippen LogP contribution in [-0.2, 0) is 11.2 Å². The van der Waals surface area contributed by atoms with Crippen LogP contribution in [0.5, 0.6) is 0 Å². The van der Waals surface area contributed by atoms with E-state index in [0.29, 0.717) is 18.7 Å². The first kappa shape index (κ1) is 11.7. The van der Waals surface area contributed by atoms with Crippen LogP contribution in [0.2, 0.25) is 0 Å². The minimum Gasteiger partial charge on any atom is -0.461 e. The first-order valence-corrected chi connectivity index (χ1v) is 5.64. The van der Waals surface area contributed by atoms with Gasteiger partial charge in [-0.2, -0.15) is 0 Å². The van der Waals surface area contributed by atoms with E-state index in [0.717, 1.165) is 16.5 Å². The number of H-pyrrole nitrogens is 1. The largest absolute Gasteiger partial charge is 0.461 e. The Balaban J connectivity index is 2.33. The quantitative estimate of drug-likeness (QED) is 0.792. The number of aliphatic hydroxyl groups excluding tert-OH is 1. The highest BCUT2D eigenvalue weighted by molar-refractivity contribution is 5.94. The fourth-order valence-electron chi connectivity index (χ4n) is 1.78. The van der Waals surface area contributed by atoms with Crippen LogP contribution in [-0.4, -0.2) is 29.3 Å². The number of nitrogens with one attached hydrogen (secondary N) is 1. The molecule has 2 N–H and O–H groups in total. The molecular weight excluding hydrogens is 218 g/mol. The van der Waals surface area contributed by atoms with Gasteiger partial charge in [-0.1, -0.05) is 12.1 Å². The zero-order valence-corrected chi connectivity index (χ0v) is 9.69. The van der Waals surface area contributed by atoms with Crippen molar-refractivity contribution in [2.75, 3.05) is 13.2 Å². The summed E-state index contributed by atoms with van der Waals surface area (Å²) in [6, 6.07) is 7.59. The number of fused-ring (bicyclic) bond motifs is 1. The molecular formula is C13H15NO3. The Bertz CT molecular complexity index is 530. The summed E-state index contributed by atoms with van der Waals surface area (Å²) in [6.07, 6.45) is 0.615. The van der Waals surface area contributed by atoms with Crippen LogP contribution >= 0.6 is 0 Å². The first-order chi connectivity index (χ1) is 8.24. The molecule has 2 rings (SSSR count). The number of carbonyl (C=O) groups excluding carboxylic acids is 1. The Morgan fingerprint density at radius 1 is 1.41 bits per heavy atom. The average molecular weight is 233 g/mol. The Hall–Kier alpha value is -1.81. The summed E-state index contributed by atoms with van der Waals surface area (Å²) in [7, 11) is 0. The molecule has 90 valence electrons. The maximum Gasteiger partial charge on any atom is 0.354 e. The van der Waals surface area contributed by atoms with Crippen molar-refractivity contribution in [3.8, 4) is 0 Å². The summed E-state index contributed by atoms with van der Waals surface area (Å²) >= 11 is 0. The molecule has 1 aromatic carbocycles. The van der Waals surface area contributed by atoms with Gasteiger partial charge in [0.25, 0.3) is 0 Å².